The fourth-order valence-electron chi connectivity index (χ4n) is 3.11. The number of unbranched alkanes of at least 4 members (excludes halogenated alkanes) is 1. The molecule has 0 bridgehead atoms. The van der Waals surface area contributed by atoms with Crippen LogP contribution in [0.1, 0.15) is 59.3 Å². The number of hydrogen-bond acceptors (Lipinski definition) is 3. The molecule has 1 heterocycles. The van der Waals surface area contributed by atoms with Gasteiger partial charge in [0, 0.05) is 6.04 Å². The molecule has 19 heavy (non-hydrogen) atoms. The first-order chi connectivity index (χ1) is 9.03. The molecule has 0 aliphatic carbocycles. The number of aliphatic carboxylic acids is 1. The van der Waals surface area contributed by atoms with E-state index in [-0.39, 0.29) is 0 Å². The number of hydrogen-bond donors (Lipinski definition) is 2. The summed E-state index contributed by atoms with van der Waals surface area (Å²) in [6, 6.07) is 0.764. The lowest BCUT2D eigenvalue weighted by Crippen LogP contribution is -2.49. The van der Waals surface area contributed by atoms with Crippen LogP contribution in [-0.4, -0.2) is 47.2 Å². The van der Waals surface area contributed by atoms with E-state index < -0.39 is 11.5 Å². The Morgan fingerprint density at radius 2 is 2.16 bits per heavy atom. The Morgan fingerprint density at radius 3 is 2.74 bits per heavy atom. The van der Waals surface area contributed by atoms with Gasteiger partial charge < -0.3 is 15.3 Å². The van der Waals surface area contributed by atoms with Crippen LogP contribution in [-0.2, 0) is 4.79 Å². The minimum Gasteiger partial charge on any atom is -0.480 e. The van der Waals surface area contributed by atoms with Gasteiger partial charge >= 0.3 is 5.97 Å². The monoisotopic (exact) mass is 270 g/mol. The van der Waals surface area contributed by atoms with Crippen molar-refractivity contribution in [2.24, 2.45) is 0 Å². The second-order valence-corrected chi connectivity index (χ2v) is 5.86. The molecule has 4 heteroatoms. The quantitative estimate of drug-likeness (QED) is 0.632. The molecule has 0 radical (unpaired) electrons. The van der Waals surface area contributed by atoms with E-state index in [4.69, 9.17) is 0 Å². The SMILES string of the molecule is CCNC(C)(CCCCN1CCCC1CC)C(=O)O. The summed E-state index contributed by atoms with van der Waals surface area (Å²) >= 11 is 0. The molecule has 112 valence electrons. The number of nitrogens with zero attached hydrogens (tertiary/aromatic N) is 1. The molecule has 2 unspecified atom stereocenters. The van der Waals surface area contributed by atoms with Gasteiger partial charge in [-0.05, 0) is 65.1 Å². The molecule has 1 fully saturated rings. The molecule has 2 atom stereocenters. The molecule has 1 rings (SSSR count). The molecule has 1 saturated heterocycles. The van der Waals surface area contributed by atoms with Gasteiger partial charge in [0.05, 0.1) is 0 Å². The molecule has 2 N–H and O–H groups in total. The Morgan fingerprint density at radius 1 is 1.42 bits per heavy atom. The molecule has 0 amide bonds. The highest BCUT2D eigenvalue weighted by molar-refractivity contribution is 5.78. The average Bonchev–Trinajstić information content (AvgIpc) is 2.82. The third kappa shape index (κ3) is 4.77. The minimum atomic E-state index is -0.760. The van der Waals surface area contributed by atoms with E-state index in [0.29, 0.717) is 13.0 Å². The summed E-state index contributed by atoms with van der Waals surface area (Å²) < 4.78 is 0. The number of rotatable bonds is 9. The van der Waals surface area contributed by atoms with Gasteiger partial charge in [0.15, 0.2) is 0 Å². The van der Waals surface area contributed by atoms with Gasteiger partial charge in [-0.2, -0.15) is 0 Å². The molecule has 1 aliphatic rings. The summed E-state index contributed by atoms with van der Waals surface area (Å²) in [5.41, 5.74) is -0.760. The normalized spacial score (nSPS) is 23.4. The molecule has 0 saturated carbocycles. The van der Waals surface area contributed by atoms with Crippen LogP contribution >= 0.6 is 0 Å². The fourth-order valence-corrected chi connectivity index (χ4v) is 3.11. The first-order valence-electron chi connectivity index (χ1n) is 7.76. The van der Waals surface area contributed by atoms with Gasteiger partial charge in [0.1, 0.15) is 5.54 Å². The second kappa shape index (κ2) is 7.85. The molecule has 4 nitrogen and oxygen atoms in total. The van der Waals surface area contributed by atoms with E-state index in [1.54, 1.807) is 6.92 Å². The van der Waals surface area contributed by atoms with E-state index >= 15 is 0 Å². The van der Waals surface area contributed by atoms with Crippen molar-refractivity contribution in [3.63, 3.8) is 0 Å². The third-order valence-corrected chi connectivity index (χ3v) is 4.38. The van der Waals surface area contributed by atoms with Crippen LogP contribution < -0.4 is 5.32 Å². The lowest BCUT2D eigenvalue weighted by molar-refractivity contribution is -0.144. The summed E-state index contributed by atoms with van der Waals surface area (Å²) in [7, 11) is 0. The highest BCUT2D eigenvalue weighted by Crippen LogP contribution is 2.21. The van der Waals surface area contributed by atoms with Crippen LogP contribution in [0.15, 0.2) is 0 Å². The summed E-state index contributed by atoms with van der Waals surface area (Å²) in [4.78, 5) is 13.9. The van der Waals surface area contributed by atoms with Crippen molar-refractivity contribution in [1.82, 2.24) is 10.2 Å². The van der Waals surface area contributed by atoms with E-state index in [0.717, 1.165) is 25.4 Å². The zero-order chi connectivity index (χ0) is 14.3. The molecule has 0 aromatic rings. The van der Waals surface area contributed by atoms with Crippen LogP contribution in [0.5, 0.6) is 0 Å². The van der Waals surface area contributed by atoms with E-state index in [2.05, 4.69) is 17.1 Å². The Bertz CT molecular complexity index is 283. The zero-order valence-corrected chi connectivity index (χ0v) is 12.7. The number of nitrogens with one attached hydrogen (secondary N) is 1. The van der Waals surface area contributed by atoms with Crippen LogP contribution in [0.4, 0.5) is 0 Å². The van der Waals surface area contributed by atoms with Crippen molar-refractivity contribution < 1.29 is 9.90 Å². The molecule has 1 aliphatic heterocycles. The lowest BCUT2D eigenvalue weighted by atomic mass is 9.94. The number of carboxylic acids is 1. The smallest absolute Gasteiger partial charge is 0.323 e. The average molecular weight is 270 g/mol. The molecule has 0 aromatic carbocycles. The van der Waals surface area contributed by atoms with Crippen LogP contribution in [0, 0.1) is 0 Å². The predicted molar refractivity (Wildman–Crippen MR) is 78.5 cm³/mol. The highest BCUT2D eigenvalue weighted by atomic mass is 16.4. The van der Waals surface area contributed by atoms with Gasteiger partial charge in [0.2, 0.25) is 0 Å². The van der Waals surface area contributed by atoms with Crippen LogP contribution in [0.2, 0.25) is 0 Å². The van der Waals surface area contributed by atoms with Crippen molar-refractivity contribution in [3.05, 3.63) is 0 Å². The zero-order valence-electron chi connectivity index (χ0n) is 12.7. The van der Waals surface area contributed by atoms with Gasteiger partial charge in [-0.3, -0.25) is 4.79 Å². The Kier molecular flexibility index (Phi) is 6.80. The first kappa shape index (κ1) is 16.4. The Balaban J connectivity index is 2.27. The summed E-state index contributed by atoms with van der Waals surface area (Å²) in [6.45, 7) is 9.06. The number of carboxylic acid groups (broad SMARTS) is 1. The predicted octanol–water partition coefficient (Wildman–Crippen LogP) is 2.48. The Hall–Kier alpha value is -0.610. The summed E-state index contributed by atoms with van der Waals surface area (Å²) in [5, 5.41) is 12.4. The maximum atomic E-state index is 11.3. The Labute approximate surface area is 117 Å². The summed E-state index contributed by atoms with van der Waals surface area (Å²) in [6.07, 6.45) is 6.68. The van der Waals surface area contributed by atoms with E-state index in [9.17, 15) is 9.90 Å². The maximum Gasteiger partial charge on any atom is 0.323 e. The second-order valence-electron chi connectivity index (χ2n) is 5.86. The maximum absolute atomic E-state index is 11.3. The van der Waals surface area contributed by atoms with Crippen molar-refractivity contribution in [2.45, 2.75) is 70.9 Å². The number of carbonyl (C=O) groups is 1. The number of likely N-dealkylation sites (N-methyl/N-ethyl adjacent to an activating group) is 1. The summed E-state index contributed by atoms with van der Waals surface area (Å²) in [5.74, 6) is -0.734. The van der Waals surface area contributed by atoms with Gasteiger partial charge in [-0.1, -0.05) is 13.8 Å². The van der Waals surface area contributed by atoms with Gasteiger partial charge in [-0.15, -0.1) is 0 Å². The molecule has 0 aromatic heterocycles. The molecule has 0 spiro atoms. The van der Waals surface area contributed by atoms with Crippen LogP contribution in [0.25, 0.3) is 0 Å². The van der Waals surface area contributed by atoms with E-state index in [1.807, 2.05) is 6.92 Å². The van der Waals surface area contributed by atoms with Gasteiger partial charge in [0.25, 0.3) is 0 Å². The largest absolute Gasteiger partial charge is 0.480 e. The molecular weight excluding hydrogens is 240 g/mol. The third-order valence-electron chi connectivity index (χ3n) is 4.38. The van der Waals surface area contributed by atoms with E-state index in [1.165, 1.54) is 25.8 Å². The van der Waals surface area contributed by atoms with Crippen molar-refractivity contribution in [3.8, 4) is 0 Å². The topological polar surface area (TPSA) is 52.6 Å². The standard InChI is InChI=1S/C15H30N2O2/c1-4-13-9-8-12-17(13)11-7-6-10-15(3,14(18)19)16-5-2/h13,16H,4-12H2,1-3H3,(H,18,19). The van der Waals surface area contributed by atoms with Crippen molar-refractivity contribution >= 4 is 5.97 Å². The minimum absolute atomic E-state index is 0.701. The highest BCUT2D eigenvalue weighted by Gasteiger charge is 2.31. The first-order valence-corrected chi connectivity index (χ1v) is 7.76. The molecular formula is C15H30N2O2. The van der Waals surface area contributed by atoms with Crippen LogP contribution in [0.3, 0.4) is 0 Å². The number of likely N-dealkylation sites (tertiary alicyclic amines) is 1. The fraction of sp³-hybridized carbons (Fsp3) is 0.933. The van der Waals surface area contributed by atoms with Crippen molar-refractivity contribution in [1.29, 1.82) is 0 Å². The van der Waals surface area contributed by atoms with Gasteiger partial charge in [-0.25, -0.2) is 0 Å². The van der Waals surface area contributed by atoms with Crippen molar-refractivity contribution in [2.75, 3.05) is 19.6 Å². The lowest BCUT2D eigenvalue weighted by Gasteiger charge is -2.27.